The molecule has 1 unspecified atom stereocenters. The summed E-state index contributed by atoms with van der Waals surface area (Å²) in [6, 6.07) is 7.29. The van der Waals surface area contributed by atoms with Crippen LogP contribution in [0.1, 0.15) is 5.56 Å². The molecule has 1 aromatic carbocycles. The molecule has 7 heteroatoms. The molecule has 23 heavy (non-hydrogen) atoms. The molecule has 1 saturated heterocycles. The molecule has 0 bridgehead atoms. The van der Waals surface area contributed by atoms with Crippen LogP contribution in [-0.4, -0.2) is 55.5 Å². The van der Waals surface area contributed by atoms with Crippen molar-refractivity contribution in [3.63, 3.8) is 0 Å². The minimum absolute atomic E-state index is 0.0837. The Bertz CT molecular complexity index is 640. The minimum Gasteiger partial charge on any atom is -0.378 e. The summed E-state index contributed by atoms with van der Waals surface area (Å²) in [5, 5.41) is 0. The fourth-order valence-electron chi connectivity index (χ4n) is 2.99. The van der Waals surface area contributed by atoms with Gasteiger partial charge in [0, 0.05) is 18.8 Å². The summed E-state index contributed by atoms with van der Waals surface area (Å²) >= 11 is 0. The number of benzene rings is 1. The van der Waals surface area contributed by atoms with Gasteiger partial charge in [-0.1, -0.05) is 18.2 Å². The second kappa shape index (κ2) is 6.37. The molecule has 2 aliphatic heterocycles. The van der Waals surface area contributed by atoms with E-state index in [2.05, 4.69) is 0 Å². The lowest BCUT2D eigenvalue weighted by atomic mass is 9.91. The van der Waals surface area contributed by atoms with Crippen molar-refractivity contribution < 1.29 is 19.1 Å². The van der Waals surface area contributed by atoms with E-state index in [9.17, 15) is 14.4 Å². The third-order valence-corrected chi connectivity index (χ3v) is 4.27. The number of nitrogens with two attached hydrogens (primary N) is 1. The first kappa shape index (κ1) is 15.5. The molecule has 1 aromatic rings. The van der Waals surface area contributed by atoms with Gasteiger partial charge in [-0.25, -0.2) is 0 Å². The normalized spacial score (nSPS) is 21.0. The number of anilines is 1. The lowest BCUT2D eigenvalue weighted by Gasteiger charge is -2.35. The highest BCUT2D eigenvalue weighted by Gasteiger charge is 2.37. The number of hydrogen-bond acceptors (Lipinski definition) is 4. The topological polar surface area (TPSA) is 92.9 Å². The highest BCUT2D eigenvalue weighted by atomic mass is 16.5. The van der Waals surface area contributed by atoms with E-state index in [4.69, 9.17) is 10.5 Å². The number of primary amides is 1. The van der Waals surface area contributed by atoms with Crippen LogP contribution in [0.5, 0.6) is 0 Å². The largest absolute Gasteiger partial charge is 0.378 e. The molecule has 0 spiro atoms. The molecule has 3 amide bonds. The highest BCUT2D eigenvalue weighted by molar-refractivity contribution is 6.11. The van der Waals surface area contributed by atoms with Gasteiger partial charge in [-0.05, 0) is 18.1 Å². The fourth-order valence-corrected chi connectivity index (χ4v) is 2.99. The summed E-state index contributed by atoms with van der Waals surface area (Å²) in [5.74, 6) is -2.13. The van der Waals surface area contributed by atoms with E-state index >= 15 is 0 Å². The monoisotopic (exact) mass is 317 g/mol. The van der Waals surface area contributed by atoms with E-state index in [1.165, 1.54) is 4.90 Å². The number of fused-ring (bicyclic) bond motifs is 1. The molecule has 3 rings (SSSR count). The Morgan fingerprint density at radius 3 is 2.61 bits per heavy atom. The molecule has 7 nitrogen and oxygen atoms in total. The zero-order chi connectivity index (χ0) is 16.4. The van der Waals surface area contributed by atoms with E-state index in [1.807, 2.05) is 18.2 Å². The Labute approximate surface area is 134 Å². The Balaban J connectivity index is 1.85. The molecule has 0 radical (unpaired) electrons. The molecule has 2 aliphatic rings. The highest BCUT2D eigenvalue weighted by Crippen LogP contribution is 2.30. The average Bonchev–Trinajstić information content (AvgIpc) is 2.57. The van der Waals surface area contributed by atoms with Crippen molar-refractivity contribution in [3.05, 3.63) is 29.8 Å². The first-order valence-electron chi connectivity index (χ1n) is 7.62. The van der Waals surface area contributed by atoms with Gasteiger partial charge in [0.2, 0.25) is 17.7 Å². The van der Waals surface area contributed by atoms with Crippen LogP contribution >= 0.6 is 0 Å². The number of ether oxygens (including phenoxy) is 1. The summed E-state index contributed by atoms with van der Waals surface area (Å²) in [4.78, 5) is 39.7. The number of rotatable bonds is 3. The molecule has 2 heterocycles. The second-order valence-electron chi connectivity index (χ2n) is 5.71. The number of amides is 3. The summed E-state index contributed by atoms with van der Waals surface area (Å²) < 4.78 is 5.23. The van der Waals surface area contributed by atoms with Gasteiger partial charge < -0.3 is 20.3 Å². The summed E-state index contributed by atoms with van der Waals surface area (Å²) in [6.07, 6.45) is 0.284. The smallest absolute Gasteiger partial charge is 0.242 e. The predicted molar refractivity (Wildman–Crippen MR) is 82.6 cm³/mol. The maximum Gasteiger partial charge on any atom is 0.242 e. The molecule has 0 aromatic heterocycles. The maximum absolute atomic E-state index is 12.6. The molecule has 2 N–H and O–H groups in total. The average molecular weight is 317 g/mol. The molecule has 1 atom stereocenters. The molecule has 0 aliphatic carbocycles. The lowest BCUT2D eigenvalue weighted by molar-refractivity contribution is -0.137. The van der Waals surface area contributed by atoms with E-state index < -0.39 is 17.7 Å². The van der Waals surface area contributed by atoms with Gasteiger partial charge in [0.25, 0.3) is 0 Å². The van der Waals surface area contributed by atoms with Gasteiger partial charge in [-0.3, -0.25) is 14.4 Å². The summed E-state index contributed by atoms with van der Waals surface area (Å²) in [6.45, 7) is 1.95. The first-order valence-corrected chi connectivity index (χ1v) is 7.62. The number of nitrogens with zero attached hydrogens (tertiary/aromatic N) is 2. The zero-order valence-corrected chi connectivity index (χ0v) is 12.7. The van der Waals surface area contributed by atoms with Crippen molar-refractivity contribution in [2.45, 2.75) is 6.42 Å². The maximum atomic E-state index is 12.6. The third-order valence-electron chi connectivity index (χ3n) is 4.27. The van der Waals surface area contributed by atoms with Gasteiger partial charge in [0.1, 0.15) is 12.5 Å². The number of hydrogen-bond donors (Lipinski definition) is 1. The molecule has 1 fully saturated rings. The van der Waals surface area contributed by atoms with Gasteiger partial charge in [-0.2, -0.15) is 0 Å². The Kier molecular flexibility index (Phi) is 4.29. The predicted octanol–water partition coefficient (Wildman–Crippen LogP) is -0.464. The molecular weight excluding hydrogens is 298 g/mol. The van der Waals surface area contributed by atoms with Crippen LogP contribution in [0.4, 0.5) is 5.69 Å². The molecule has 122 valence electrons. The fraction of sp³-hybridized carbons (Fsp3) is 0.438. The Morgan fingerprint density at radius 2 is 1.91 bits per heavy atom. The van der Waals surface area contributed by atoms with Crippen LogP contribution in [0, 0.1) is 5.92 Å². The SMILES string of the molecule is NC(=O)C1Cc2ccccc2N(CC(=O)N2CCOCC2)C1=O. The van der Waals surface area contributed by atoms with E-state index in [0.717, 1.165) is 5.56 Å². The quantitative estimate of drug-likeness (QED) is 0.763. The van der Waals surface area contributed by atoms with Crippen LogP contribution in [-0.2, 0) is 25.5 Å². The molecular formula is C16H19N3O4. The van der Waals surface area contributed by atoms with E-state index in [-0.39, 0.29) is 18.9 Å². The van der Waals surface area contributed by atoms with Crippen molar-refractivity contribution in [2.75, 3.05) is 37.7 Å². The second-order valence-corrected chi connectivity index (χ2v) is 5.71. The number of carbonyl (C=O) groups is 3. The van der Waals surface area contributed by atoms with E-state index in [1.54, 1.807) is 11.0 Å². The van der Waals surface area contributed by atoms with Crippen LogP contribution in [0.25, 0.3) is 0 Å². The van der Waals surface area contributed by atoms with Crippen molar-refractivity contribution in [3.8, 4) is 0 Å². The van der Waals surface area contributed by atoms with Crippen LogP contribution < -0.4 is 10.6 Å². The van der Waals surface area contributed by atoms with Gasteiger partial charge in [0.05, 0.1) is 13.2 Å². The lowest BCUT2D eigenvalue weighted by Crippen LogP contribution is -2.52. The van der Waals surface area contributed by atoms with Gasteiger partial charge >= 0.3 is 0 Å². The Morgan fingerprint density at radius 1 is 1.22 bits per heavy atom. The zero-order valence-electron chi connectivity index (χ0n) is 12.7. The number of carbonyl (C=O) groups excluding carboxylic acids is 3. The van der Waals surface area contributed by atoms with Crippen molar-refractivity contribution in [1.29, 1.82) is 0 Å². The van der Waals surface area contributed by atoms with Crippen LogP contribution in [0.15, 0.2) is 24.3 Å². The molecule has 0 saturated carbocycles. The van der Waals surface area contributed by atoms with Crippen molar-refractivity contribution in [2.24, 2.45) is 11.7 Å². The minimum atomic E-state index is -0.914. The van der Waals surface area contributed by atoms with Crippen molar-refractivity contribution >= 4 is 23.4 Å². The van der Waals surface area contributed by atoms with E-state index in [0.29, 0.717) is 32.0 Å². The van der Waals surface area contributed by atoms with Gasteiger partial charge in [-0.15, -0.1) is 0 Å². The number of para-hydroxylation sites is 1. The van der Waals surface area contributed by atoms with Crippen molar-refractivity contribution in [1.82, 2.24) is 4.90 Å². The standard InChI is InChI=1S/C16H19N3O4/c17-15(21)12-9-11-3-1-2-4-13(11)19(16(12)22)10-14(20)18-5-7-23-8-6-18/h1-4,12H,5-10H2,(H2,17,21). The summed E-state index contributed by atoms with van der Waals surface area (Å²) in [7, 11) is 0. The summed E-state index contributed by atoms with van der Waals surface area (Å²) in [5.41, 5.74) is 6.88. The first-order chi connectivity index (χ1) is 11.1. The van der Waals surface area contributed by atoms with Crippen LogP contribution in [0.3, 0.4) is 0 Å². The Hall–Kier alpha value is -2.41. The van der Waals surface area contributed by atoms with Crippen LogP contribution in [0.2, 0.25) is 0 Å². The number of morpholine rings is 1. The third kappa shape index (κ3) is 3.05. The van der Waals surface area contributed by atoms with Gasteiger partial charge in [0.15, 0.2) is 0 Å².